The number of benzene rings is 1. The molecule has 1 aromatic carbocycles. The third-order valence-corrected chi connectivity index (χ3v) is 7.04. The lowest BCUT2D eigenvalue weighted by Crippen LogP contribution is -2.00. The first-order valence-corrected chi connectivity index (χ1v) is 14.9. The van der Waals surface area contributed by atoms with Gasteiger partial charge in [-0.3, -0.25) is 4.52 Å². The fourth-order valence-corrected chi connectivity index (χ4v) is 4.97. The second kappa shape index (κ2) is 18.2. The monoisotopic (exact) mass is 456 g/mol. The van der Waals surface area contributed by atoms with Gasteiger partial charge in [0.15, 0.2) is 0 Å². The largest absolute Gasteiger partial charge is 0.424 e. The van der Waals surface area contributed by atoms with E-state index in [1.807, 2.05) is 31.2 Å². The van der Waals surface area contributed by atoms with E-state index in [1.165, 1.54) is 89.9 Å². The average Bonchev–Trinajstić information content (AvgIpc) is 2.72. The Kier molecular flexibility index (Phi) is 16.7. The highest BCUT2D eigenvalue weighted by atomic mass is 32.5. The van der Waals surface area contributed by atoms with Crippen LogP contribution >= 0.6 is 6.72 Å². The summed E-state index contributed by atoms with van der Waals surface area (Å²) in [6, 6.07) is 7.54. The number of aryl methyl sites for hydroxylation is 1. The van der Waals surface area contributed by atoms with Gasteiger partial charge in [-0.05, 0) is 25.0 Å². The number of hydrogen-bond donors (Lipinski definition) is 1. The minimum absolute atomic E-state index is 0.470. The Morgan fingerprint density at radius 1 is 0.733 bits per heavy atom. The summed E-state index contributed by atoms with van der Waals surface area (Å²) in [5.74, 6) is 0.607. The molecule has 0 spiro atoms. The highest BCUT2D eigenvalue weighted by Crippen LogP contribution is 2.45. The van der Waals surface area contributed by atoms with Crippen molar-refractivity contribution in [3.8, 4) is 5.75 Å². The third kappa shape index (κ3) is 15.4. The van der Waals surface area contributed by atoms with Crippen molar-refractivity contribution in [3.05, 3.63) is 29.8 Å². The molecule has 1 rings (SSSR count). The Morgan fingerprint density at radius 3 is 1.63 bits per heavy atom. The molecule has 174 valence electrons. The minimum Gasteiger partial charge on any atom is -0.424 e. The van der Waals surface area contributed by atoms with E-state index < -0.39 is 6.72 Å². The van der Waals surface area contributed by atoms with Gasteiger partial charge in [-0.1, -0.05) is 121 Å². The second-order valence-corrected chi connectivity index (χ2v) is 11.2. The van der Waals surface area contributed by atoms with Crippen LogP contribution in [0.2, 0.25) is 0 Å². The highest BCUT2D eigenvalue weighted by molar-refractivity contribution is 8.07. The predicted molar refractivity (Wildman–Crippen MR) is 134 cm³/mol. The molecule has 1 aromatic rings. The maximum Gasteiger partial charge on any atom is 0.377 e. The predicted octanol–water partition coefficient (Wildman–Crippen LogP) is 8.87. The van der Waals surface area contributed by atoms with E-state index in [0.29, 0.717) is 12.4 Å². The first kappa shape index (κ1) is 27.6. The van der Waals surface area contributed by atoms with Gasteiger partial charge in [0.2, 0.25) is 0 Å². The molecule has 1 atom stereocenters. The van der Waals surface area contributed by atoms with Crippen LogP contribution in [0.5, 0.6) is 5.75 Å². The average molecular weight is 457 g/mol. The Balaban J connectivity index is 1.86. The summed E-state index contributed by atoms with van der Waals surface area (Å²) in [6.07, 6.45) is 21.4. The van der Waals surface area contributed by atoms with Crippen molar-refractivity contribution < 1.29 is 13.9 Å². The first-order chi connectivity index (χ1) is 14.5. The summed E-state index contributed by atoms with van der Waals surface area (Å²) in [6.45, 7) is 1.48. The van der Waals surface area contributed by atoms with Crippen LogP contribution in [0.4, 0.5) is 0 Å². The molecule has 0 radical (unpaired) electrons. The molecule has 0 aliphatic carbocycles. The van der Waals surface area contributed by atoms with E-state index in [0.717, 1.165) is 18.4 Å². The molecule has 30 heavy (non-hydrogen) atoms. The Labute approximate surface area is 191 Å². The topological polar surface area (TPSA) is 38.7 Å². The zero-order valence-electron chi connectivity index (χ0n) is 19.4. The summed E-state index contributed by atoms with van der Waals surface area (Å²) in [4.78, 5) is 10.2. The van der Waals surface area contributed by atoms with E-state index in [2.05, 4.69) is 6.92 Å². The highest BCUT2D eigenvalue weighted by Gasteiger charge is 2.17. The van der Waals surface area contributed by atoms with E-state index in [1.54, 1.807) is 0 Å². The summed E-state index contributed by atoms with van der Waals surface area (Å²) in [5, 5.41) is 0. The van der Waals surface area contributed by atoms with Gasteiger partial charge in [0.25, 0.3) is 0 Å². The van der Waals surface area contributed by atoms with E-state index in [4.69, 9.17) is 20.9 Å². The summed E-state index contributed by atoms with van der Waals surface area (Å²) in [5.41, 5.74) is 0.951. The lowest BCUT2D eigenvalue weighted by molar-refractivity contribution is 0.250. The summed E-state index contributed by atoms with van der Waals surface area (Å²) in [7, 11) is 0. The van der Waals surface area contributed by atoms with E-state index in [-0.39, 0.29) is 0 Å². The van der Waals surface area contributed by atoms with Crippen LogP contribution in [0, 0.1) is 6.92 Å². The molecular formula is C25H45O3PS. The zero-order valence-corrected chi connectivity index (χ0v) is 21.2. The van der Waals surface area contributed by atoms with Crippen LogP contribution in [0.15, 0.2) is 24.3 Å². The number of hydrogen-bond acceptors (Lipinski definition) is 3. The molecule has 1 unspecified atom stereocenters. The molecule has 0 fully saturated rings. The van der Waals surface area contributed by atoms with Crippen molar-refractivity contribution in [2.45, 2.75) is 117 Å². The molecule has 0 heterocycles. The Bertz CT molecular complexity index is 579. The number of unbranched alkanes of at least 4 members (excludes halogenated alkanes) is 15. The fraction of sp³-hybridized carbons (Fsp3) is 0.760. The van der Waals surface area contributed by atoms with Gasteiger partial charge in [0, 0.05) is 11.8 Å². The van der Waals surface area contributed by atoms with E-state index >= 15 is 0 Å². The van der Waals surface area contributed by atoms with Crippen LogP contribution in [0.25, 0.3) is 0 Å². The number of rotatable bonds is 20. The van der Waals surface area contributed by atoms with Gasteiger partial charge in [0.05, 0.1) is 6.61 Å². The van der Waals surface area contributed by atoms with E-state index in [9.17, 15) is 4.89 Å². The van der Waals surface area contributed by atoms with Crippen molar-refractivity contribution in [2.75, 3.05) is 6.61 Å². The van der Waals surface area contributed by atoms with Crippen LogP contribution in [-0.4, -0.2) is 11.5 Å². The van der Waals surface area contributed by atoms with Crippen molar-refractivity contribution in [3.63, 3.8) is 0 Å². The van der Waals surface area contributed by atoms with Crippen LogP contribution < -0.4 is 4.52 Å². The van der Waals surface area contributed by atoms with Crippen molar-refractivity contribution in [1.82, 2.24) is 0 Å². The molecule has 0 amide bonds. The molecule has 0 saturated carbocycles. The van der Waals surface area contributed by atoms with Gasteiger partial charge in [-0.15, -0.1) is 0 Å². The van der Waals surface area contributed by atoms with Gasteiger partial charge in [-0.25, -0.2) is 0 Å². The molecule has 0 bridgehead atoms. The normalized spacial score (nSPS) is 13.3. The molecule has 0 aliphatic rings. The molecule has 3 nitrogen and oxygen atoms in total. The standard InChI is InChI=1S/C25H45O3PS/c1-3-4-5-6-7-8-9-10-11-12-13-14-15-16-17-20-23-27-29(26,30)28-25-22-19-18-21-24(25)2/h18-19,21-22H,3-17,20,23H2,1-2H3,(H,26,30). The SMILES string of the molecule is CCCCCCCCCCCCCCCCCCOP(O)(=S)Oc1ccccc1C. The third-order valence-electron chi connectivity index (χ3n) is 5.56. The quantitative estimate of drug-likeness (QED) is 0.157. The number of para-hydroxylation sites is 1. The lowest BCUT2D eigenvalue weighted by atomic mass is 10.0. The van der Waals surface area contributed by atoms with Crippen molar-refractivity contribution in [1.29, 1.82) is 0 Å². The summed E-state index contributed by atoms with van der Waals surface area (Å²) < 4.78 is 11.0. The maximum atomic E-state index is 10.2. The van der Waals surface area contributed by atoms with Crippen molar-refractivity contribution >= 4 is 18.5 Å². The van der Waals surface area contributed by atoms with Gasteiger partial charge in [-0.2, -0.15) is 0 Å². The molecule has 0 aliphatic heterocycles. The maximum absolute atomic E-state index is 10.2. The Hall–Kier alpha value is -0.410. The van der Waals surface area contributed by atoms with Gasteiger partial charge >= 0.3 is 6.72 Å². The smallest absolute Gasteiger partial charge is 0.377 e. The fourth-order valence-electron chi connectivity index (χ4n) is 3.64. The van der Waals surface area contributed by atoms with Crippen molar-refractivity contribution in [2.24, 2.45) is 0 Å². The van der Waals surface area contributed by atoms with Gasteiger partial charge in [0.1, 0.15) is 5.75 Å². The molecule has 5 heteroatoms. The molecule has 0 saturated heterocycles. The van der Waals surface area contributed by atoms with Crippen LogP contribution in [0.3, 0.4) is 0 Å². The molecule has 1 N–H and O–H groups in total. The molecular weight excluding hydrogens is 411 g/mol. The minimum atomic E-state index is -3.20. The van der Waals surface area contributed by atoms with Crippen LogP contribution in [0.1, 0.15) is 115 Å². The Morgan fingerprint density at radius 2 is 1.17 bits per heavy atom. The zero-order chi connectivity index (χ0) is 21.9. The van der Waals surface area contributed by atoms with Gasteiger partial charge < -0.3 is 9.42 Å². The van der Waals surface area contributed by atoms with Crippen LogP contribution in [-0.2, 0) is 16.3 Å². The molecule has 0 aromatic heterocycles. The second-order valence-electron chi connectivity index (χ2n) is 8.46. The first-order valence-electron chi connectivity index (χ1n) is 12.3. The lowest BCUT2D eigenvalue weighted by Gasteiger charge is -2.17. The summed E-state index contributed by atoms with van der Waals surface area (Å²) >= 11 is 5.12.